The van der Waals surface area contributed by atoms with E-state index in [2.05, 4.69) is 17.6 Å². The van der Waals surface area contributed by atoms with Crippen LogP contribution in [0.2, 0.25) is 0 Å². The van der Waals surface area contributed by atoms with Crippen LogP contribution in [0.4, 0.5) is 0 Å². The summed E-state index contributed by atoms with van der Waals surface area (Å²) >= 11 is 0. The predicted molar refractivity (Wildman–Crippen MR) is 67.6 cm³/mol. The summed E-state index contributed by atoms with van der Waals surface area (Å²) in [5.74, 6) is 0.232. The van der Waals surface area contributed by atoms with Crippen LogP contribution in [0.3, 0.4) is 0 Å². The van der Waals surface area contributed by atoms with E-state index in [-0.39, 0.29) is 17.7 Å². The molecule has 1 aliphatic rings. The summed E-state index contributed by atoms with van der Waals surface area (Å²) in [7, 11) is -2.90. The number of hydrogen-bond acceptors (Lipinski definition) is 4. The van der Waals surface area contributed by atoms with Crippen LogP contribution in [0.25, 0.3) is 0 Å². The Morgan fingerprint density at radius 3 is 2.76 bits per heavy atom. The van der Waals surface area contributed by atoms with Crippen molar-refractivity contribution in [2.75, 3.05) is 25.4 Å². The van der Waals surface area contributed by atoms with Crippen molar-refractivity contribution >= 4 is 15.7 Å². The van der Waals surface area contributed by atoms with E-state index in [1.807, 2.05) is 0 Å². The lowest BCUT2D eigenvalue weighted by atomic mass is 10.2. The molecule has 0 spiro atoms. The van der Waals surface area contributed by atoms with Crippen LogP contribution >= 0.6 is 0 Å². The van der Waals surface area contributed by atoms with E-state index in [9.17, 15) is 13.2 Å². The summed E-state index contributed by atoms with van der Waals surface area (Å²) in [5, 5.41) is 5.40. The van der Waals surface area contributed by atoms with Gasteiger partial charge in [-0.25, -0.2) is 8.42 Å². The van der Waals surface area contributed by atoms with Crippen LogP contribution < -0.4 is 10.6 Å². The molecule has 1 atom stereocenters. The molecule has 1 fully saturated rings. The van der Waals surface area contributed by atoms with Crippen molar-refractivity contribution in [2.45, 2.75) is 37.9 Å². The molecule has 17 heavy (non-hydrogen) atoms. The molecule has 1 rings (SSSR count). The number of unbranched alkanes of at least 4 members (excludes halogenated alkanes) is 1. The molecule has 1 heterocycles. The largest absolute Gasteiger partial charge is 0.355 e. The van der Waals surface area contributed by atoms with Crippen LogP contribution in [0.5, 0.6) is 0 Å². The second-order valence-electron chi connectivity index (χ2n) is 4.47. The molecule has 5 nitrogen and oxygen atoms in total. The van der Waals surface area contributed by atoms with Gasteiger partial charge in [-0.05, 0) is 19.3 Å². The Morgan fingerprint density at radius 1 is 1.41 bits per heavy atom. The fourth-order valence-electron chi connectivity index (χ4n) is 1.90. The highest BCUT2D eigenvalue weighted by Gasteiger charge is 2.30. The molecule has 0 aromatic carbocycles. The van der Waals surface area contributed by atoms with Gasteiger partial charge in [0.15, 0.2) is 9.84 Å². The Balaban J connectivity index is 2.13. The van der Waals surface area contributed by atoms with Crippen molar-refractivity contribution in [3.05, 3.63) is 0 Å². The molecule has 0 bridgehead atoms. The number of amides is 1. The molecule has 0 aliphatic carbocycles. The van der Waals surface area contributed by atoms with Gasteiger partial charge in [0.05, 0.1) is 17.5 Å². The summed E-state index contributed by atoms with van der Waals surface area (Å²) in [5.41, 5.74) is 0. The van der Waals surface area contributed by atoms with Crippen LogP contribution in [-0.2, 0) is 14.6 Å². The van der Waals surface area contributed by atoms with Gasteiger partial charge in [0.1, 0.15) is 0 Å². The summed E-state index contributed by atoms with van der Waals surface area (Å²) in [6.07, 6.45) is 3.49. The first-order valence-electron chi connectivity index (χ1n) is 6.25. The average Bonchev–Trinajstić information content (AvgIpc) is 2.59. The van der Waals surface area contributed by atoms with Crippen molar-refractivity contribution < 1.29 is 13.2 Å². The van der Waals surface area contributed by atoms with Crippen LogP contribution in [0, 0.1) is 0 Å². The lowest BCUT2D eigenvalue weighted by Crippen LogP contribution is -2.38. The number of carbonyl (C=O) groups excluding carboxylic acids is 1. The molecular formula is C11H22N2O3S. The maximum absolute atomic E-state index is 11.5. The van der Waals surface area contributed by atoms with Gasteiger partial charge in [0.25, 0.3) is 0 Å². The summed E-state index contributed by atoms with van der Waals surface area (Å²) in [4.78, 5) is 11.3. The lowest BCUT2D eigenvalue weighted by Gasteiger charge is -2.10. The number of hydrogen-bond donors (Lipinski definition) is 2. The van der Waals surface area contributed by atoms with Gasteiger partial charge in [-0.15, -0.1) is 0 Å². The van der Waals surface area contributed by atoms with Gasteiger partial charge in [-0.1, -0.05) is 13.3 Å². The highest BCUT2D eigenvalue weighted by molar-refractivity contribution is 7.92. The smallest absolute Gasteiger partial charge is 0.233 e. The molecule has 1 saturated heterocycles. The van der Waals surface area contributed by atoms with Gasteiger partial charge >= 0.3 is 0 Å². The second kappa shape index (κ2) is 6.96. The topological polar surface area (TPSA) is 75.3 Å². The van der Waals surface area contributed by atoms with Crippen LogP contribution in [-0.4, -0.2) is 45.0 Å². The Bertz CT molecular complexity index is 341. The van der Waals surface area contributed by atoms with Crippen LogP contribution in [0.1, 0.15) is 32.6 Å². The van der Waals surface area contributed by atoms with E-state index < -0.39 is 9.84 Å². The first-order valence-corrected chi connectivity index (χ1v) is 7.97. The van der Waals surface area contributed by atoms with E-state index in [1.54, 1.807) is 0 Å². The Morgan fingerprint density at radius 2 is 2.18 bits per heavy atom. The third-order valence-corrected chi connectivity index (χ3v) is 5.25. The zero-order chi connectivity index (χ0) is 12.7. The minimum absolute atomic E-state index is 0.0613. The number of sulfone groups is 1. The first-order chi connectivity index (χ1) is 8.06. The van der Waals surface area contributed by atoms with Gasteiger partial charge in [0, 0.05) is 13.1 Å². The van der Waals surface area contributed by atoms with Crippen molar-refractivity contribution in [3.63, 3.8) is 0 Å². The Hall–Kier alpha value is -0.620. The summed E-state index contributed by atoms with van der Waals surface area (Å²) in [6, 6.07) is 0. The highest BCUT2D eigenvalue weighted by atomic mass is 32.2. The fraction of sp³-hybridized carbons (Fsp3) is 0.909. The predicted octanol–water partition coefficient (Wildman–Crippen LogP) is 0.0695. The molecule has 2 N–H and O–H groups in total. The van der Waals surface area contributed by atoms with Crippen molar-refractivity contribution in [3.8, 4) is 0 Å². The molecule has 0 aromatic rings. The van der Waals surface area contributed by atoms with Crippen LogP contribution in [0.15, 0.2) is 0 Å². The number of rotatable bonds is 7. The third kappa shape index (κ3) is 5.04. The van der Waals surface area contributed by atoms with Gasteiger partial charge in [-0.2, -0.15) is 0 Å². The molecule has 1 amide bonds. The van der Waals surface area contributed by atoms with Crippen molar-refractivity contribution in [2.24, 2.45) is 0 Å². The molecule has 0 aromatic heterocycles. The quantitative estimate of drug-likeness (QED) is 0.637. The average molecular weight is 262 g/mol. The van der Waals surface area contributed by atoms with E-state index >= 15 is 0 Å². The Kier molecular flexibility index (Phi) is 5.91. The normalized spacial score (nSPS) is 22.5. The molecule has 1 aliphatic heterocycles. The molecular weight excluding hydrogens is 240 g/mol. The zero-order valence-corrected chi connectivity index (χ0v) is 11.2. The maximum atomic E-state index is 11.5. The SMILES string of the molecule is CCCCNC(=O)CNCC1CCCS1(=O)=O. The highest BCUT2D eigenvalue weighted by Crippen LogP contribution is 2.18. The van der Waals surface area contributed by atoms with Gasteiger partial charge in [-0.3, -0.25) is 4.79 Å². The first kappa shape index (κ1) is 14.4. The summed E-state index contributed by atoms with van der Waals surface area (Å²) in [6.45, 7) is 3.35. The fourth-order valence-corrected chi connectivity index (χ4v) is 3.70. The molecule has 0 saturated carbocycles. The van der Waals surface area contributed by atoms with E-state index in [1.165, 1.54) is 0 Å². The van der Waals surface area contributed by atoms with Crippen molar-refractivity contribution in [1.29, 1.82) is 0 Å². The standard InChI is InChI=1S/C11H22N2O3S/c1-2-3-6-13-11(14)9-12-8-10-5-4-7-17(10,15)16/h10,12H,2-9H2,1H3,(H,13,14). The molecule has 0 radical (unpaired) electrons. The zero-order valence-electron chi connectivity index (χ0n) is 10.4. The monoisotopic (exact) mass is 262 g/mol. The molecule has 100 valence electrons. The molecule has 1 unspecified atom stereocenters. The number of nitrogens with one attached hydrogen (secondary N) is 2. The number of carbonyl (C=O) groups is 1. The summed E-state index contributed by atoms with van der Waals surface area (Å²) < 4.78 is 23.0. The third-order valence-electron chi connectivity index (χ3n) is 2.97. The van der Waals surface area contributed by atoms with Gasteiger partial charge in [0.2, 0.25) is 5.91 Å². The van der Waals surface area contributed by atoms with Gasteiger partial charge < -0.3 is 10.6 Å². The second-order valence-corrected chi connectivity index (χ2v) is 6.87. The van der Waals surface area contributed by atoms with E-state index in [0.29, 0.717) is 25.3 Å². The maximum Gasteiger partial charge on any atom is 0.233 e. The van der Waals surface area contributed by atoms with E-state index in [0.717, 1.165) is 19.3 Å². The molecule has 6 heteroatoms. The Labute approximate surface area is 103 Å². The minimum Gasteiger partial charge on any atom is -0.355 e. The minimum atomic E-state index is -2.90. The van der Waals surface area contributed by atoms with Crippen molar-refractivity contribution in [1.82, 2.24) is 10.6 Å². The van der Waals surface area contributed by atoms with E-state index in [4.69, 9.17) is 0 Å². The lowest BCUT2D eigenvalue weighted by molar-refractivity contribution is -0.120.